The summed E-state index contributed by atoms with van der Waals surface area (Å²) in [7, 11) is 5.15. The lowest BCUT2D eigenvalue weighted by Crippen LogP contribution is -2.30. The van der Waals surface area contributed by atoms with Crippen molar-refractivity contribution in [2.75, 3.05) is 39.7 Å². The van der Waals surface area contributed by atoms with Gasteiger partial charge in [0.1, 0.15) is 0 Å². The maximum absolute atomic E-state index is 13.2. The van der Waals surface area contributed by atoms with Gasteiger partial charge in [0.05, 0.1) is 31.0 Å². The lowest BCUT2D eigenvalue weighted by atomic mass is 9.96. The molecule has 0 fully saturated rings. The summed E-state index contributed by atoms with van der Waals surface area (Å²) < 4.78 is 16.1. The van der Waals surface area contributed by atoms with Gasteiger partial charge in [-0.2, -0.15) is 0 Å². The molecular weight excluding hydrogens is 492 g/mol. The Kier molecular flexibility index (Phi) is 7.02. The average molecular weight is 519 g/mol. The molecule has 3 heterocycles. The number of thiazole rings is 1. The number of fused-ring (bicyclic) bond motifs is 2. The maximum atomic E-state index is 13.2. The molecule has 4 aromatic rings. The van der Waals surface area contributed by atoms with Gasteiger partial charge in [-0.05, 0) is 31.3 Å². The van der Waals surface area contributed by atoms with E-state index in [2.05, 4.69) is 15.2 Å². The van der Waals surface area contributed by atoms with Crippen LogP contribution in [0.3, 0.4) is 0 Å². The Morgan fingerprint density at radius 2 is 1.89 bits per heavy atom. The largest absolute Gasteiger partial charge is 0.493 e. The van der Waals surface area contributed by atoms with Gasteiger partial charge >= 0.3 is 5.97 Å². The lowest BCUT2D eigenvalue weighted by Gasteiger charge is -2.26. The molecule has 2 aromatic carbocycles. The number of anilines is 1. The fraction of sp³-hybridized carbons (Fsp3) is 0.259. The molecule has 9 nitrogen and oxygen atoms in total. The zero-order valence-electron chi connectivity index (χ0n) is 20.7. The molecule has 0 spiro atoms. The van der Waals surface area contributed by atoms with Crippen LogP contribution in [0.25, 0.3) is 22.2 Å². The molecule has 0 unspecified atom stereocenters. The van der Waals surface area contributed by atoms with E-state index in [0.29, 0.717) is 34.4 Å². The van der Waals surface area contributed by atoms with Gasteiger partial charge in [-0.1, -0.05) is 18.2 Å². The van der Waals surface area contributed by atoms with E-state index in [9.17, 15) is 9.59 Å². The summed E-state index contributed by atoms with van der Waals surface area (Å²) in [6.45, 7) is 1.04. The third-order valence-electron chi connectivity index (χ3n) is 6.21. The van der Waals surface area contributed by atoms with Crippen LogP contribution in [0.15, 0.2) is 47.8 Å². The quantitative estimate of drug-likeness (QED) is 0.364. The topological polar surface area (TPSA) is 103 Å². The first-order valence-electron chi connectivity index (χ1n) is 11.7. The monoisotopic (exact) mass is 518 g/mol. The summed E-state index contributed by atoms with van der Waals surface area (Å²) in [5, 5.41) is 5.67. The normalized spacial score (nSPS) is 13.2. The van der Waals surface area contributed by atoms with Gasteiger partial charge in [0.15, 0.2) is 23.2 Å². The van der Waals surface area contributed by atoms with Crippen LogP contribution in [-0.2, 0) is 22.5 Å². The molecule has 0 saturated carbocycles. The summed E-state index contributed by atoms with van der Waals surface area (Å²) in [5.41, 5.74) is 4.48. The lowest BCUT2D eigenvalue weighted by molar-refractivity contribution is -0.119. The molecule has 5 rings (SSSR count). The number of aromatic nitrogens is 2. The van der Waals surface area contributed by atoms with Crippen molar-refractivity contribution in [3.05, 3.63) is 64.7 Å². The second-order valence-corrected chi connectivity index (χ2v) is 9.51. The number of nitrogens with one attached hydrogen (secondary N) is 1. The number of benzene rings is 2. The Bertz CT molecular complexity index is 1490. The number of hydrogen-bond acceptors (Lipinski definition) is 9. The van der Waals surface area contributed by atoms with E-state index in [0.717, 1.165) is 40.7 Å². The van der Waals surface area contributed by atoms with Gasteiger partial charge in [-0.15, -0.1) is 11.3 Å². The van der Waals surface area contributed by atoms with Gasteiger partial charge in [0, 0.05) is 47.1 Å². The summed E-state index contributed by atoms with van der Waals surface area (Å²) >= 11 is 1.28. The number of rotatable bonds is 7. The first kappa shape index (κ1) is 24.7. The minimum atomic E-state index is -0.537. The Morgan fingerprint density at radius 3 is 2.70 bits per heavy atom. The Balaban J connectivity index is 1.29. The van der Waals surface area contributed by atoms with Crippen LogP contribution in [0.2, 0.25) is 0 Å². The molecule has 1 aliphatic heterocycles. The minimum absolute atomic E-state index is 0.402. The Hall–Kier alpha value is -4.02. The molecule has 37 heavy (non-hydrogen) atoms. The van der Waals surface area contributed by atoms with Crippen LogP contribution in [0.5, 0.6) is 11.5 Å². The highest BCUT2D eigenvalue weighted by atomic mass is 32.1. The van der Waals surface area contributed by atoms with Crippen LogP contribution < -0.4 is 14.8 Å². The standard InChI is InChI=1S/C27H26N4O5S/c1-31-11-10-20-18(13-31)25(17-6-4-5-7-19(17)28-20)26(33)36-14-24(32)30-27-29-21(15-37-27)16-8-9-22(34-2)23(12-16)35-3/h4-9,12,15H,10-11,13-14H2,1-3H3,(H,29,30,32). The second kappa shape index (κ2) is 10.5. The molecule has 1 N–H and O–H groups in total. The van der Waals surface area contributed by atoms with Crippen LogP contribution in [-0.4, -0.2) is 61.2 Å². The van der Waals surface area contributed by atoms with Crippen LogP contribution >= 0.6 is 11.3 Å². The Morgan fingerprint density at radius 1 is 1.08 bits per heavy atom. The number of nitrogens with zero attached hydrogens (tertiary/aromatic N) is 3. The number of pyridine rings is 1. The van der Waals surface area contributed by atoms with Gasteiger partial charge in [0.2, 0.25) is 0 Å². The van der Waals surface area contributed by atoms with Crippen molar-refractivity contribution >= 4 is 39.2 Å². The van der Waals surface area contributed by atoms with E-state index in [1.54, 1.807) is 20.3 Å². The average Bonchev–Trinajstić information content (AvgIpc) is 3.38. The van der Waals surface area contributed by atoms with E-state index in [-0.39, 0.29) is 0 Å². The molecule has 0 aliphatic carbocycles. The predicted octanol–water partition coefficient (Wildman–Crippen LogP) is 4.16. The molecule has 0 bridgehead atoms. The highest BCUT2D eigenvalue weighted by molar-refractivity contribution is 7.14. The molecule has 0 saturated heterocycles. The van der Waals surface area contributed by atoms with Crippen LogP contribution in [0, 0.1) is 0 Å². The molecule has 2 aromatic heterocycles. The smallest absolute Gasteiger partial charge is 0.339 e. The van der Waals surface area contributed by atoms with Crippen LogP contribution in [0.4, 0.5) is 5.13 Å². The SMILES string of the molecule is COc1ccc(-c2csc(NC(=O)COC(=O)c3c4c(nc5ccccc35)CCN(C)C4)n2)cc1OC. The first-order chi connectivity index (χ1) is 18.0. The van der Waals surface area contributed by atoms with E-state index < -0.39 is 18.5 Å². The highest BCUT2D eigenvalue weighted by Crippen LogP contribution is 2.33. The number of methoxy groups -OCH3 is 2. The maximum Gasteiger partial charge on any atom is 0.339 e. The number of likely N-dealkylation sites (N-methyl/N-ethyl adjacent to an activating group) is 1. The molecule has 1 aliphatic rings. The highest BCUT2D eigenvalue weighted by Gasteiger charge is 2.26. The fourth-order valence-electron chi connectivity index (χ4n) is 4.38. The zero-order valence-corrected chi connectivity index (χ0v) is 21.6. The van der Waals surface area contributed by atoms with Crippen molar-refractivity contribution in [2.45, 2.75) is 13.0 Å². The number of carbonyl (C=O) groups excluding carboxylic acids is 2. The summed E-state index contributed by atoms with van der Waals surface area (Å²) in [5.74, 6) is 0.200. The number of hydrogen-bond donors (Lipinski definition) is 1. The summed E-state index contributed by atoms with van der Waals surface area (Å²) in [4.78, 5) is 37.2. The van der Waals surface area contributed by atoms with E-state index in [1.807, 2.05) is 48.8 Å². The van der Waals surface area contributed by atoms with Crippen molar-refractivity contribution in [2.24, 2.45) is 0 Å². The third-order valence-corrected chi connectivity index (χ3v) is 6.96. The minimum Gasteiger partial charge on any atom is -0.493 e. The number of amides is 1. The van der Waals surface area contributed by atoms with Gasteiger partial charge in [-0.25, -0.2) is 9.78 Å². The number of carbonyl (C=O) groups is 2. The second-order valence-electron chi connectivity index (χ2n) is 8.65. The van der Waals surface area contributed by atoms with E-state index >= 15 is 0 Å². The summed E-state index contributed by atoms with van der Waals surface area (Å²) in [6, 6.07) is 13.0. The van der Waals surface area contributed by atoms with Crippen molar-refractivity contribution in [1.29, 1.82) is 0 Å². The van der Waals surface area contributed by atoms with Gasteiger partial charge in [-0.3, -0.25) is 15.1 Å². The predicted molar refractivity (Wildman–Crippen MR) is 141 cm³/mol. The van der Waals surface area contributed by atoms with Crippen molar-refractivity contribution < 1.29 is 23.8 Å². The molecule has 0 radical (unpaired) electrons. The van der Waals surface area contributed by atoms with Crippen molar-refractivity contribution in [3.8, 4) is 22.8 Å². The van der Waals surface area contributed by atoms with Crippen LogP contribution in [0.1, 0.15) is 21.6 Å². The van der Waals surface area contributed by atoms with Gasteiger partial charge in [0.25, 0.3) is 5.91 Å². The van der Waals surface area contributed by atoms with E-state index in [1.165, 1.54) is 11.3 Å². The molecule has 1 amide bonds. The zero-order chi connectivity index (χ0) is 25.9. The first-order valence-corrected chi connectivity index (χ1v) is 12.6. The summed E-state index contributed by atoms with van der Waals surface area (Å²) in [6.07, 6.45) is 0.754. The third kappa shape index (κ3) is 5.11. The number of para-hydroxylation sites is 1. The molecule has 190 valence electrons. The fourth-order valence-corrected chi connectivity index (χ4v) is 5.11. The number of ether oxygens (including phenoxy) is 3. The molecule has 10 heteroatoms. The molecule has 0 atom stereocenters. The number of esters is 1. The van der Waals surface area contributed by atoms with E-state index in [4.69, 9.17) is 19.2 Å². The van der Waals surface area contributed by atoms with Gasteiger partial charge < -0.3 is 19.1 Å². The molecular formula is C27H26N4O5S. The Labute approximate surface area is 218 Å². The van der Waals surface area contributed by atoms with Crippen molar-refractivity contribution in [1.82, 2.24) is 14.9 Å². The van der Waals surface area contributed by atoms with Crippen molar-refractivity contribution in [3.63, 3.8) is 0 Å².